The van der Waals surface area contributed by atoms with Gasteiger partial charge in [-0.25, -0.2) is 18.0 Å². The summed E-state index contributed by atoms with van der Waals surface area (Å²) in [4.78, 5) is 54.2. The highest BCUT2D eigenvalue weighted by Crippen LogP contribution is 2.44. The van der Waals surface area contributed by atoms with Crippen molar-refractivity contribution in [1.82, 2.24) is 5.06 Å². The van der Waals surface area contributed by atoms with E-state index < -0.39 is 68.6 Å². The maximum atomic E-state index is 13.7. The molecule has 0 aliphatic carbocycles. The van der Waals surface area contributed by atoms with E-state index in [-0.39, 0.29) is 48.6 Å². The number of rotatable bonds is 7. The number of hydroxylamine groups is 2. The minimum atomic E-state index is -6.09. The second-order valence-corrected chi connectivity index (χ2v) is 12.0. The van der Waals surface area contributed by atoms with Crippen molar-refractivity contribution in [1.29, 1.82) is 0 Å². The number of pyridine rings is 1. The molecule has 1 aliphatic rings. The van der Waals surface area contributed by atoms with E-state index in [1.807, 2.05) is 0 Å². The van der Waals surface area contributed by atoms with E-state index in [9.17, 15) is 58.7 Å². The van der Waals surface area contributed by atoms with Crippen molar-refractivity contribution in [3.63, 3.8) is 0 Å². The zero-order valence-corrected chi connectivity index (χ0v) is 26.6. The lowest BCUT2D eigenvalue weighted by Crippen LogP contribution is -2.37. The molecule has 278 valence electrons. The molecule has 52 heavy (non-hydrogen) atoms. The Labute approximate surface area is 285 Å². The SMILES string of the molecule is O=C(CCC[n+]1c2ccccc2c(C(=O)Oc2c(C(F)(F)F)cccc2C(F)(F)F)c2ccccc21)ON1C(=O)CCC1=O.O=S(=O)([O-])C(F)(F)F. The summed E-state index contributed by atoms with van der Waals surface area (Å²) < 4.78 is 148. The van der Waals surface area contributed by atoms with Crippen LogP contribution in [0.25, 0.3) is 21.8 Å². The van der Waals surface area contributed by atoms with Crippen molar-refractivity contribution in [2.45, 2.75) is 50.1 Å². The Hall–Kier alpha value is -5.31. The van der Waals surface area contributed by atoms with Crippen LogP contribution in [0.5, 0.6) is 5.75 Å². The van der Waals surface area contributed by atoms with Crippen molar-refractivity contribution in [3.8, 4) is 5.75 Å². The first kappa shape index (κ1) is 39.5. The Morgan fingerprint density at radius 1 is 0.750 bits per heavy atom. The number of carbonyl (C=O) groups excluding carboxylic acids is 4. The van der Waals surface area contributed by atoms with Gasteiger partial charge in [-0.15, -0.1) is 5.06 Å². The Morgan fingerprint density at radius 3 is 1.62 bits per heavy atom. The third-order valence-corrected chi connectivity index (χ3v) is 7.76. The van der Waals surface area contributed by atoms with Gasteiger partial charge in [-0.1, -0.05) is 30.3 Å². The summed E-state index contributed by atoms with van der Waals surface area (Å²) in [5.41, 5.74) is -8.68. The maximum absolute atomic E-state index is 13.7. The van der Waals surface area contributed by atoms with Crippen LogP contribution in [0.3, 0.4) is 0 Å². The van der Waals surface area contributed by atoms with Crippen LogP contribution in [0.15, 0.2) is 66.7 Å². The second-order valence-electron chi connectivity index (χ2n) is 10.7. The number of hydrogen-bond acceptors (Lipinski definition) is 9. The molecular formula is C31H21F9N2O9S. The monoisotopic (exact) mass is 768 g/mol. The molecule has 4 aromatic rings. The van der Waals surface area contributed by atoms with Crippen molar-refractivity contribution in [3.05, 3.63) is 83.4 Å². The molecular weight excluding hydrogens is 747 g/mol. The Morgan fingerprint density at radius 2 is 1.19 bits per heavy atom. The van der Waals surface area contributed by atoms with Crippen LogP contribution >= 0.6 is 0 Å². The van der Waals surface area contributed by atoms with Crippen molar-refractivity contribution < 1.29 is 85.8 Å². The molecule has 1 fully saturated rings. The molecule has 0 radical (unpaired) electrons. The summed E-state index contributed by atoms with van der Waals surface area (Å²) in [6, 6.07) is 13.8. The van der Waals surface area contributed by atoms with Gasteiger partial charge in [-0.3, -0.25) is 9.59 Å². The standard InChI is InChI=1S/C30H21F6N2O6.CHF3O3S/c31-29(32,33)19-9-5-10-20(30(34,35)36)27(19)43-28(42)26-17-7-1-3-11-21(17)37(22-12-4-2-8-18(22)26)16-6-13-25(41)44-38-23(39)14-15-24(38)40;2-1(3,4)8(5,6)7/h1-5,7-12H,6,13-16H2;(H,5,6,7)/q+1;/p-1. The maximum Gasteiger partial charge on any atom is 0.485 e. The quantitative estimate of drug-likeness (QED) is 0.0324. The number of esters is 1. The molecule has 1 aromatic heterocycles. The number of nitrogens with zero attached hydrogens (tertiary/aromatic N) is 2. The highest BCUT2D eigenvalue weighted by molar-refractivity contribution is 7.86. The molecule has 2 heterocycles. The number of carbonyl (C=O) groups is 4. The molecule has 21 heteroatoms. The third kappa shape index (κ3) is 8.76. The lowest BCUT2D eigenvalue weighted by molar-refractivity contribution is -0.645. The van der Waals surface area contributed by atoms with Crippen LogP contribution in [0, 0.1) is 0 Å². The molecule has 1 aliphatic heterocycles. The zero-order chi connectivity index (χ0) is 38.8. The molecule has 0 bridgehead atoms. The van der Waals surface area contributed by atoms with Crippen molar-refractivity contribution in [2.75, 3.05) is 0 Å². The van der Waals surface area contributed by atoms with E-state index in [1.54, 1.807) is 28.8 Å². The second kappa shape index (κ2) is 14.7. The number of hydrogen-bond donors (Lipinski definition) is 0. The fourth-order valence-electron chi connectivity index (χ4n) is 5.00. The largest absolute Gasteiger partial charge is 0.741 e. The third-order valence-electron chi connectivity index (χ3n) is 7.20. The van der Waals surface area contributed by atoms with Gasteiger partial charge in [0.15, 0.2) is 15.9 Å². The van der Waals surface area contributed by atoms with Crippen molar-refractivity contribution in [2.24, 2.45) is 0 Å². The summed E-state index contributed by atoms with van der Waals surface area (Å²) in [5, 5.41) is 0.775. The van der Waals surface area contributed by atoms with E-state index in [2.05, 4.69) is 0 Å². The lowest BCUT2D eigenvalue weighted by Gasteiger charge is -2.18. The Kier molecular flexibility index (Phi) is 11.2. The summed E-state index contributed by atoms with van der Waals surface area (Å²) in [6.07, 6.45) is -10.7. The number of amides is 2. The molecule has 0 unspecified atom stereocenters. The number of ether oxygens (including phenoxy) is 1. The lowest BCUT2D eigenvalue weighted by atomic mass is 10.0. The van der Waals surface area contributed by atoms with E-state index in [0.29, 0.717) is 34.3 Å². The first-order valence-corrected chi connectivity index (χ1v) is 15.8. The molecule has 0 saturated carbocycles. The number of imide groups is 1. The highest BCUT2D eigenvalue weighted by atomic mass is 32.2. The molecule has 1 saturated heterocycles. The first-order valence-electron chi connectivity index (χ1n) is 14.4. The normalized spacial score (nSPS) is 14.0. The summed E-state index contributed by atoms with van der Waals surface area (Å²) >= 11 is 0. The molecule has 3 aromatic carbocycles. The summed E-state index contributed by atoms with van der Waals surface area (Å²) in [7, 11) is -6.09. The van der Waals surface area contributed by atoms with Gasteiger partial charge in [-0.05, 0) is 24.3 Å². The minimum Gasteiger partial charge on any atom is -0.741 e. The van der Waals surface area contributed by atoms with Crippen molar-refractivity contribution >= 4 is 55.7 Å². The fourth-order valence-corrected chi connectivity index (χ4v) is 5.00. The van der Waals surface area contributed by atoms with Gasteiger partial charge in [0.05, 0.1) is 33.9 Å². The van der Waals surface area contributed by atoms with Crippen LogP contribution in [0.4, 0.5) is 39.5 Å². The number of fused-ring (bicyclic) bond motifs is 2. The number of alkyl halides is 9. The first-order chi connectivity index (χ1) is 24.0. The average molecular weight is 769 g/mol. The predicted molar refractivity (Wildman–Crippen MR) is 155 cm³/mol. The summed E-state index contributed by atoms with van der Waals surface area (Å²) in [5.74, 6) is -5.17. The molecule has 0 atom stereocenters. The van der Waals surface area contributed by atoms with Crippen LogP contribution in [-0.2, 0) is 48.2 Å². The molecule has 0 N–H and O–H groups in total. The predicted octanol–water partition coefficient (Wildman–Crippen LogP) is 5.98. The van der Waals surface area contributed by atoms with E-state index in [4.69, 9.17) is 22.5 Å². The Bertz CT molecular complexity index is 2060. The van der Waals surface area contributed by atoms with E-state index in [1.165, 1.54) is 24.3 Å². The van der Waals surface area contributed by atoms with Gasteiger partial charge in [0.1, 0.15) is 6.54 Å². The fraction of sp³-hybridized carbons (Fsp3) is 0.258. The molecule has 11 nitrogen and oxygen atoms in total. The molecule has 2 amide bonds. The number of aromatic nitrogens is 1. The average Bonchev–Trinajstić information content (AvgIpc) is 3.34. The topological polar surface area (TPSA) is 151 Å². The number of halogens is 9. The van der Waals surface area contributed by atoms with Gasteiger partial charge in [0.25, 0.3) is 11.8 Å². The summed E-state index contributed by atoms with van der Waals surface area (Å²) in [6.45, 7) is 0.141. The van der Waals surface area contributed by atoms with Crippen LogP contribution in [0.1, 0.15) is 47.2 Å². The number of aryl methyl sites for hydroxylation is 1. The van der Waals surface area contributed by atoms with E-state index in [0.717, 1.165) is 0 Å². The van der Waals surface area contributed by atoms with Gasteiger partial charge >= 0.3 is 29.8 Å². The molecule has 5 rings (SSSR count). The smallest absolute Gasteiger partial charge is 0.485 e. The van der Waals surface area contributed by atoms with Crippen LogP contribution < -0.4 is 9.30 Å². The van der Waals surface area contributed by atoms with Gasteiger partial charge in [0.2, 0.25) is 11.0 Å². The number of benzene rings is 3. The zero-order valence-electron chi connectivity index (χ0n) is 25.8. The van der Waals surface area contributed by atoms with Crippen LogP contribution in [0.2, 0.25) is 0 Å². The van der Waals surface area contributed by atoms with E-state index >= 15 is 0 Å². The van der Waals surface area contributed by atoms with Gasteiger partial charge in [0, 0.05) is 31.4 Å². The van der Waals surface area contributed by atoms with Crippen LogP contribution in [-0.4, -0.2) is 47.3 Å². The number of para-hydroxylation sites is 3. The highest BCUT2D eigenvalue weighted by Gasteiger charge is 2.43. The molecule has 0 spiro atoms. The van der Waals surface area contributed by atoms with Gasteiger partial charge < -0.3 is 14.1 Å². The van der Waals surface area contributed by atoms with Gasteiger partial charge in [-0.2, -0.15) is 44.1 Å². The minimum absolute atomic E-state index is 0.0615. The Balaban J connectivity index is 0.000000677.